The van der Waals surface area contributed by atoms with Gasteiger partial charge < -0.3 is 5.32 Å². The number of nitrogens with one attached hydrogen (secondary N) is 1. The van der Waals surface area contributed by atoms with Gasteiger partial charge in [-0.3, -0.25) is 0 Å². The first-order chi connectivity index (χ1) is 8.24. The Labute approximate surface area is 109 Å². The summed E-state index contributed by atoms with van der Waals surface area (Å²) in [6, 6.07) is 0. The van der Waals surface area contributed by atoms with Gasteiger partial charge in [0.15, 0.2) is 0 Å². The van der Waals surface area contributed by atoms with Crippen LogP contribution in [0.2, 0.25) is 0 Å². The highest BCUT2D eigenvalue weighted by atomic mass is 14.8. The molecule has 0 aliphatic carbocycles. The fourth-order valence-electron chi connectivity index (χ4n) is 2.20. The standard InChI is InChI=1S/C16H33N/c1-5-8-11-16(7-3)14-15(4)10-9-13-17-12-6-2/h10,16-17H,5-9,11-14H2,1-4H3. The molecule has 0 bridgehead atoms. The first-order valence-electron chi connectivity index (χ1n) is 7.60. The first-order valence-corrected chi connectivity index (χ1v) is 7.60. The molecule has 0 heterocycles. The van der Waals surface area contributed by atoms with Crippen molar-refractivity contribution in [2.75, 3.05) is 13.1 Å². The molecule has 0 fully saturated rings. The van der Waals surface area contributed by atoms with Crippen LogP contribution in [0.4, 0.5) is 0 Å². The second-order valence-corrected chi connectivity index (χ2v) is 5.21. The van der Waals surface area contributed by atoms with E-state index in [0.717, 1.165) is 19.0 Å². The molecule has 0 aliphatic rings. The molecule has 0 radical (unpaired) electrons. The minimum absolute atomic E-state index is 0.912. The van der Waals surface area contributed by atoms with Crippen LogP contribution in [0.3, 0.4) is 0 Å². The van der Waals surface area contributed by atoms with Gasteiger partial charge in [0.1, 0.15) is 0 Å². The van der Waals surface area contributed by atoms with Crippen LogP contribution >= 0.6 is 0 Å². The van der Waals surface area contributed by atoms with Crippen LogP contribution in [0.15, 0.2) is 11.6 Å². The van der Waals surface area contributed by atoms with Gasteiger partial charge in [0.2, 0.25) is 0 Å². The number of allylic oxidation sites excluding steroid dienone is 1. The van der Waals surface area contributed by atoms with Crippen molar-refractivity contribution in [2.45, 2.75) is 72.6 Å². The largest absolute Gasteiger partial charge is 0.316 e. The normalized spacial score (nSPS) is 14.0. The Bertz CT molecular complexity index is 184. The first kappa shape index (κ1) is 16.7. The molecular formula is C16H33N. The van der Waals surface area contributed by atoms with Crippen molar-refractivity contribution in [3.63, 3.8) is 0 Å². The zero-order valence-electron chi connectivity index (χ0n) is 12.5. The summed E-state index contributed by atoms with van der Waals surface area (Å²) in [7, 11) is 0. The molecule has 1 nitrogen and oxygen atoms in total. The molecule has 102 valence electrons. The van der Waals surface area contributed by atoms with Crippen LogP contribution in [0, 0.1) is 5.92 Å². The summed E-state index contributed by atoms with van der Waals surface area (Å²) >= 11 is 0. The maximum atomic E-state index is 3.45. The van der Waals surface area contributed by atoms with Gasteiger partial charge in [-0.1, -0.05) is 58.1 Å². The Kier molecular flexibility index (Phi) is 12.0. The number of hydrogen-bond donors (Lipinski definition) is 1. The van der Waals surface area contributed by atoms with Gasteiger partial charge in [0.05, 0.1) is 0 Å². The molecule has 0 spiro atoms. The summed E-state index contributed by atoms with van der Waals surface area (Å²) in [6.07, 6.45) is 11.6. The smallest absolute Gasteiger partial charge is 0.00142 e. The van der Waals surface area contributed by atoms with Gasteiger partial charge in [0.25, 0.3) is 0 Å². The van der Waals surface area contributed by atoms with E-state index in [1.165, 1.54) is 44.9 Å². The maximum Gasteiger partial charge on any atom is -0.00142 e. The van der Waals surface area contributed by atoms with Crippen LogP contribution in [-0.2, 0) is 0 Å². The molecule has 0 amide bonds. The third kappa shape index (κ3) is 10.6. The van der Waals surface area contributed by atoms with Gasteiger partial charge in [-0.15, -0.1) is 0 Å². The highest BCUT2D eigenvalue weighted by Gasteiger charge is 2.05. The van der Waals surface area contributed by atoms with Gasteiger partial charge >= 0.3 is 0 Å². The highest BCUT2D eigenvalue weighted by molar-refractivity contribution is 4.99. The Balaban J connectivity index is 3.71. The molecule has 0 aliphatic heterocycles. The second kappa shape index (κ2) is 12.2. The Morgan fingerprint density at radius 1 is 1.12 bits per heavy atom. The predicted molar refractivity (Wildman–Crippen MR) is 79.5 cm³/mol. The van der Waals surface area contributed by atoms with Crippen LogP contribution in [0.5, 0.6) is 0 Å². The van der Waals surface area contributed by atoms with Crippen molar-refractivity contribution >= 4 is 0 Å². The molecule has 0 rings (SSSR count). The number of hydrogen-bond acceptors (Lipinski definition) is 1. The zero-order chi connectivity index (χ0) is 12.9. The highest BCUT2D eigenvalue weighted by Crippen LogP contribution is 2.21. The fourth-order valence-corrected chi connectivity index (χ4v) is 2.20. The van der Waals surface area contributed by atoms with Crippen LogP contribution < -0.4 is 5.32 Å². The van der Waals surface area contributed by atoms with Crippen LogP contribution in [0.25, 0.3) is 0 Å². The quantitative estimate of drug-likeness (QED) is 0.398. The summed E-state index contributed by atoms with van der Waals surface area (Å²) in [6.45, 7) is 11.4. The van der Waals surface area contributed by atoms with E-state index in [4.69, 9.17) is 0 Å². The van der Waals surface area contributed by atoms with E-state index in [-0.39, 0.29) is 0 Å². The second-order valence-electron chi connectivity index (χ2n) is 5.21. The van der Waals surface area contributed by atoms with Crippen molar-refractivity contribution in [3.8, 4) is 0 Å². The van der Waals surface area contributed by atoms with E-state index < -0.39 is 0 Å². The van der Waals surface area contributed by atoms with Gasteiger partial charge in [-0.05, 0) is 45.2 Å². The lowest BCUT2D eigenvalue weighted by atomic mass is 9.92. The molecule has 17 heavy (non-hydrogen) atoms. The van der Waals surface area contributed by atoms with E-state index >= 15 is 0 Å². The van der Waals surface area contributed by atoms with Crippen molar-refractivity contribution in [2.24, 2.45) is 5.92 Å². The minimum Gasteiger partial charge on any atom is -0.316 e. The Morgan fingerprint density at radius 2 is 1.88 bits per heavy atom. The number of unbranched alkanes of at least 4 members (excludes halogenated alkanes) is 1. The van der Waals surface area contributed by atoms with Crippen molar-refractivity contribution in [3.05, 3.63) is 11.6 Å². The molecule has 0 aromatic heterocycles. The lowest BCUT2D eigenvalue weighted by Crippen LogP contribution is -2.15. The molecular weight excluding hydrogens is 206 g/mol. The van der Waals surface area contributed by atoms with E-state index in [1.807, 2.05) is 0 Å². The molecule has 1 heteroatoms. The summed E-state index contributed by atoms with van der Waals surface area (Å²) < 4.78 is 0. The van der Waals surface area contributed by atoms with Crippen molar-refractivity contribution < 1.29 is 0 Å². The van der Waals surface area contributed by atoms with Gasteiger partial charge in [-0.2, -0.15) is 0 Å². The Hall–Kier alpha value is -0.300. The molecule has 1 N–H and O–H groups in total. The average Bonchev–Trinajstić information content (AvgIpc) is 2.34. The third-order valence-electron chi connectivity index (χ3n) is 3.39. The van der Waals surface area contributed by atoms with E-state index in [2.05, 4.69) is 39.1 Å². The molecule has 0 saturated heterocycles. The van der Waals surface area contributed by atoms with Crippen molar-refractivity contribution in [1.29, 1.82) is 0 Å². The number of rotatable bonds is 11. The SMILES string of the molecule is CCCCC(CC)CC(C)=CCCNCCC. The molecule has 0 aromatic rings. The van der Waals surface area contributed by atoms with Gasteiger partial charge in [0, 0.05) is 0 Å². The van der Waals surface area contributed by atoms with Gasteiger partial charge in [-0.25, -0.2) is 0 Å². The molecule has 1 unspecified atom stereocenters. The predicted octanol–water partition coefficient (Wildman–Crippen LogP) is 4.93. The fraction of sp³-hybridized carbons (Fsp3) is 0.875. The Morgan fingerprint density at radius 3 is 2.47 bits per heavy atom. The molecule has 0 saturated carbocycles. The minimum atomic E-state index is 0.912. The topological polar surface area (TPSA) is 12.0 Å². The summed E-state index contributed by atoms with van der Waals surface area (Å²) in [5, 5.41) is 3.45. The third-order valence-corrected chi connectivity index (χ3v) is 3.39. The summed E-state index contributed by atoms with van der Waals surface area (Å²) in [4.78, 5) is 0. The van der Waals surface area contributed by atoms with E-state index in [9.17, 15) is 0 Å². The monoisotopic (exact) mass is 239 g/mol. The lowest BCUT2D eigenvalue weighted by Gasteiger charge is -2.14. The maximum absolute atomic E-state index is 3.45. The van der Waals surface area contributed by atoms with E-state index in [0.29, 0.717) is 0 Å². The summed E-state index contributed by atoms with van der Waals surface area (Å²) in [5.74, 6) is 0.912. The lowest BCUT2D eigenvalue weighted by molar-refractivity contribution is 0.447. The van der Waals surface area contributed by atoms with E-state index in [1.54, 1.807) is 5.57 Å². The zero-order valence-corrected chi connectivity index (χ0v) is 12.5. The molecule has 0 aromatic carbocycles. The summed E-state index contributed by atoms with van der Waals surface area (Å²) in [5.41, 5.74) is 1.59. The molecule has 1 atom stereocenters. The van der Waals surface area contributed by atoms with Crippen molar-refractivity contribution in [1.82, 2.24) is 5.32 Å². The average molecular weight is 239 g/mol. The van der Waals surface area contributed by atoms with Crippen LogP contribution in [0.1, 0.15) is 72.6 Å². The van der Waals surface area contributed by atoms with Crippen LogP contribution in [-0.4, -0.2) is 13.1 Å².